The minimum atomic E-state index is -3.29. The van der Waals surface area contributed by atoms with Crippen LogP contribution < -0.4 is 4.74 Å². The van der Waals surface area contributed by atoms with Gasteiger partial charge in [0.15, 0.2) is 9.84 Å². The maximum Gasteiger partial charge on any atom is 0.310 e. The molecule has 2 aromatic carbocycles. The van der Waals surface area contributed by atoms with Gasteiger partial charge >= 0.3 is 5.97 Å². The Kier molecular flexibility index (Phi) is 7.42. The van der Waals surface area contributed by atoms with Gasteiger partial charge in [-0.25, -0.2) is 8.42 Å². The van der Waals surface area contributed by atoms with Crippen molar-refractivity contribution < 1.29 is 23.1 Å². The van der Waals surface area contributed by atoms with E-state index in [-0.39, 0.29) is 4.90 Å². The third-order valence-corrected chi connectivity index (χ3v) is 7.02. The first kappa shape index (κ1) is 23.3. The highest BCUT2D eigenvalue weighted by Crippen LogP contribution is 2.37. The van der Waals surface area contributed by atoms with Crippen LogP contribution in [0, 0.1) is 11.8 Å². The summed E-state index contributed by atoms with van der Waals surface area (Å²) in [6.45, 7) is 4.84. The van der Waals surface area contributed by atoms with Crippen LogP contribution in [0.3, 0.4) is 0 Å². The van der Waals surface area contributed by atoms with Gasteiger partial charge in [-0.15, -0.1) is 0 Å². The minimum absolute atomic E-state index is 0.254. The van der Waals surface area contributed by atoms with Gasteiger partial charge in [-0.1, -0.05) is 44.9 Å². The Morgan fingerprint density at radius 2 is 1.84 bits per heavy atom. The highest BCUT2D eigenvalue weighted by atomic mass is 32.2. The van der Waals surface area contributed by atoms with Crippen molar-refractivity contribution in [2.24, 2.45) is 11.8 Å². The van der Waals surface area contributed by atoms with Crippen LogP contribution in [0.25, 0.3) is 11.1 Å². The number of hydrogen-bond donors (Lipinski definition) is 1. The van der Waals surface area contributed by atoms with Crippen LogP contribution in [-0.2, 0) is 14.6 Å². The first-order valence-electron chi connectivity index (χ1n) is 11.0. The molecule has 6 heteroatoms. The Hall–Kier alpha value is -2.34. The Bertz CT molecular complexity index is 1010. The molecule has 0 aromatic heterocycles. The fourth-order valence-corrected chi connectivity index (χ4v) is 4.51. The maximum atomic E-state index is 12.1. The number of benzene rings is 2. The molecule has 2 aromatic rings. The molecule has 2 unspecified atom stereocenters. The molecule has 1 N–H and O–H groups in total. The molecule has 0 aliphatic heterocycles. The smallest absolute Gasteiger partial charge is 0.310 e. The van der Waals surface area contributed by atoms with Gasteiger partial charge in [0.2, 0.25) is 0 Å². The lowest BCUT2D eigenvalue weighted by atomic mass is 9.86. The first-order chi connectivity index (χ1) is 14.7. The number of carbonyl (C=O) groups is 1. The molecule has 0 amide bonds. The second kappa shape index (κ2) is 9.86. The minimum Gasteiger partial charge on any atom is -0.493 e. The van der Waals surface area contributed by atoms with Gasteiger partial charge < -0.3 is 9.84 Å². The Labute approximate surface area is 185 Å². The van der Waals surface area contributed by atoms with Gasteiger partial charge in [-0.2, -0.15) is 0 Å². The SMILES string of the molecule is CCCC(C)CC(C(=O)O)c1ccc(OCC2CC2)c(-c2ccc(S(C)(=O)=O)cc2)c1. The number of carboxylic acid groups (broad SMARTS) is 1. The molecule has 0 radical (unpaired) electrons. The highest BCUT2D eigenvalue weighted by molar-refractivity contribution is 7.90. The predicted molar refractivity (Wildman–Crippen MR) is 122 cm³/mol. The molecule has 0 saturated heterocycles. The van der Waals surface area contributed by atoms with E-state index in [1.54, 1.807) is 24.3 Å². The average molecular weight is 445 g/mol. The molecule has 5 nitrogen and oxygen atoms in total. The number of aliphatic carboxylic acids is 1. The van der Waals surface area contributed by atoms with E-state index >= 15 is 0 Å². The van der Waals surface area contributed by atoms with Gasteiger partial charge in [0.25, 0.3) is 0 Å². The molecule has 0 heterocycles. The summed E-state index contributed by atoms with van der Waals surface area (Å²) in [5, 5.41) is 9.89. The van der Waals surface area contributed by atoms with E-state index in [0.717, 1.165) is 29.5 Å². The molecule has 31 heavy (non-hydrogen) atoms. The second-order valence-corrected chi connectivity index (χ2v) is 10.8. The molecular weight excluding hydrogens is 412 g/mol. The molecule has 1 fully saturated rings. The summed E-state index contributed by atoms with van der Waals surface area (Å²) in [7, 11) is -3.29. The summed E-state index contributed by atoms with van der Waals surface area (Å²) in [6.07, 6.45) is 6.13. The van der Waals surface area contributed by atoms with Crippen molar-refractivity contribution in [3.8, 4) is 16.9 Å². The van der Waals surface area contributed by atoms with Crippen molar-refractivity contribution in [3.05, 3.63) is 48.0 Å². The number of sulfone groups is 1. The van der Waals surface area contributed by atoms with E-state index in [1.807, 2.05) is 18.2 Å². The molecule has 168 valence electrons. The molecule has 0 spiro atoms. The third-order valence-electron chi connectivity index (χ3n) is 5.89. The molecule has 2 atom stereocenters. The van der Waals surface area contributed by atoms with Crippen LogP contribution in [0.4, 0.5) is 0 Å². The number of carboxylic acids is 1. The van der Waals surface area contributed by atoms with Crippen LogP contribution in [0.1, 0.15) is 57.4 Å². The summed E-state index contributed by atoms with van der Waals surface area (Å²) in [6, 6.07) is 12.3. The van der Waals surface area contributed by atoms with Crippen LogP contribution in [0.15, 0.2) is 47.4 Å². The van der Waals surface area contributed by atoms with Gasteiger partial charge in [-0.05, 0) is 66.5 Å². The zero-order chi connectivity index (χ0) is 22.6. The fraction of sp³-hybridized carbons (Fsp3) is 0.480. The van der Waals surface area contributed by atoms with E-state index < -0.39 is 21.7 Å². The normalized spacial score (nSPS) is 16.0. The summed E-state index contributed by atoms with van der Waals surface area (Å²) < 4.78 is 29.7. The van der Waals surface area contributed by atoms with Crippen molar-refractivity contribution in [2.45, 2.75) is 56.8 Å². The van der Waals surface area contributed by atoms with Gasteiger partial charge in [0.05, 0.1) is 17.4 Å². The van der Waals surface area contributed by atoms with Crippen LogP contribution in [0.2, 0.25) is 0 Å². The lowest BCUT2D eigenvalue weighted by molar-refractivity contribution is -0.139. The fourth-order valence-electron chi connectivity index (χ4n) is 3.88. The van der Waals surface area contributed by atoms with Crippen LogP contribution in [-0.4, -0.2) is 32.4 Å². The van der Waals surface area contributed by atoms with E-state index in [2.05, 4.69) is 13.8 Å². The lowest BCUT2D eigenvalue weighted by Crippen LogP contribution is -2.15. The lowest BCUT2D eigenvalue weighted by Gasteiger charge is -2.20. The quantitative estimate of drug-likeness (QED) is 0.492. The molecule has 3 rings (SSSR count). The first-order valence-corrected chi connectivity index (χ1v) is 12.9. The van der Waals surface area contributed by atoms with Gasteiger partial charge in [-0.3, -0.25) is 4.79 Å². The van der Waals surface area contributed by atoms with E-state index in [9.17, 15) is 18.3 Å². The molecule has 0 bridgehead atoms. The standard InChI is InChI=1S/C25H32O5S/c1-4-5-17(2)14-23(25(26)27)20-10-13-24(30-16-18-6-7-18)22(15-20)19-8-11-21(12-9-19)31(3,28)29/h8-13,15,17-18,23H,4-7,14,16H2,1-3H3,(H,26,27). The zero-order valence-electron chi connectivity index (χ0n) is 18.5. The van der Waals surface area contributed by atoms with Gasteiger partial charge in [0.1, 0.15) is 5.75 Å². The monoisotopic (exact) mass is 444 g/mol. The third kappa shape index (κ3) is 6.33. The Morgan fingerprint density at radius 3 is 2.39 bits per heavy atom. The molecular formula is C25H32O5S. The van der Waals surface area contributed by atoms with E-state index in [1.165, 1.54) is 19.1 Å². The van der Waals surface area contributed by atoms with Crippen LogP contribution in [0.5, 0.6) is 5.75 Å². The summed E-state index contributed by atoms with van der Waals surface area (Å²) in [5.74, 6) is 0.186. The molecule has 1 aliphatic carbocycles. The van der Waals surface area contributed by atoms with E-state index in [4.69, 9.17) is 4.74 Å². The number of ether oxygens (including phenoxy) is 1. The highest BCUT2D eigenvalue weighted by Gasteiger charge is 2.25. The Morgan fingerprint density at radius 1 is 1.16 bits per heavy atom. The van der Waals surface area contributed by atoms with Crippen molar-refractivity contribution >= 4 is 15.8 Å². The topological polar surface area (TPSA) is 80.7 Å². The van der Waals surface area contributed by atoms with Crippen molar-refractivity contribution in [3.63, 3.8) is 0 Å². The molecule has 1 aliphatic rings. The molecule has 1 saturated carbocycles. The van der Waals surface area contributed by atoms with Crippen molar-refractivity contribution in [2.75, 3.05) is 12.9 Å². The number of rotatable bonds is 11. The zero-order valence-corrected chi connectivity index (χ0v) is 19.3. The second-order valence-electron chi connectivity index (χ2n) is 8.83. The van der Waals surface area contributed by atoms with Crippen molar-refractivity contribution in [1.29, 1.82) is 0 Å². The van der Waals surface area contributed by atoms with Gasteiger partial charge in [0, 0.05) is 11.8 Å². The largest absolute Gasteiger partial charge is 0.493 e. The maximum absolute atomic E-state index is 12.1. The number of hydrogen-bond acceptors (Lipinski definition) is 4. The van der Waals surface area contributed by atoms with Crippen molar-refractivity contribution in [1.82, 2.24) is 0 Å². The predicted octanol–water partition coefficient (Wildman–Crippen LogP) is 5.54. The summed E-state index contributed by atoms with van der Waals surface area (Å²) in [5.41, 5.74) is 2.36. The summed E-state index contributed by atoms with van der Waals surface area (Å²) in [4.78, 5) is 12.3. The summed E-state index contributed by atoms with van der Waals surface area (Å²) >= 11 is 0. The Balaban J connectivity index is 1.97. The van der Waals surface area contributed by atoms with Crippen LogP contribution >= 0.6 is 0 Å². The average Bonchev–Trinajstić information content (AvgIpc) is 3.54. The van der Waals surface area contributed by atoms with E-state index in [0.29, 0.717) is 30.6 Å².